The molecule has 40 heavy (non-hydrogen) atoms. The van der Waals surface area contributed by atoms with Gasteiger partial charge in [-0.3, -0.25) is 4.79 Å². The number of hydrogen-bond acceptors (Lipinski definition) is 6. The van der Waals surface area contributed by atoms with Gasteiger partial charge in [0.1, 0.15) is 23.5 Å². The Hall–Kier alpha value is -4.45. The summed E-state index contributed by atoms with van der Waals surface area (Å²) in [5.74, 6) is -0.540. The first kappa shape index (κ1) is 27.1. The van der Waals surface area contributed by atoms with E-state index >= 15 is 0 Å². The molecule has 0 aliphatic heterocycles. The molecule has 0 aliphatic carbocycles. The van der Waals surface area contributed by atoms with Crippen molar-refractivity contribution in [2.24, 2.45) is 0 Å². The summed E-state index contributed by atoms with van der Waals surface area (Å²) in [4.78, 5) is 21.5. The normalized spacial score (nSPS) is 12.2. The Bertz CT molecular complexity index is 1720. The van der Waals surface area contributed by atoms with Crippen molar-refractivity contribution in [1.82, 2.24) is 34.8 Å². The minimum absolute atomic E-state index is 0.00870. The van der Waals surface area contributed by atoms with Crippen LogP contribution in [0.2, 0.25) is 5.02 Å². The van der Waals surface area contributed by atoms with Crippen molar-refractivity contribution in [2.45, 2.75) is 32.5 Å². The number of nitrogens with two attached hydrogens (primary N) is 1. The summed E-state index contributed by atoms with van der Waals surface area (Å²) < 4.78 is 43.7. The van der Waals surface area contributed by atoms with Gasteiger partial charge in [-0.15, -0.1) is 0 Å². The number of nitrogen functional groups attached to an aromatic ring is 1. The minimum atomic E-state index is -4.76. The van der Waals surface area contributed by atoms with Crippen LogP contribution in [0.5, 0.6) is 0 Å². The topological polar surface area (TPSA) is 117 Å². The van der Waals surface area contributed by atoms with E-state index in [1.807, 2.05) is 45.0 Å². The molecule has 0 unspecified atom stereocenters. The zero-order valence-electron chi connectivity index (χ0n) is 21.7. The molecule has 2 aromatic carbocycles. The molecule has 0 radical (unpaired) electrons. The second-order valence-corrected chi connectivity index (χ2v) is 10.3. The van der Waals surface area contributed by atoms with E-state index in [1.54, 1.807) is 4.68 Å². The van der Waals surface area contributed by atoms with E-state index in [1.165, 1.54) is 30.6 Å². The fraction of sp³-hybridized carbons (Fsp3) is 0.222. The first-order valence-electron chi connectivity index (χ1n) is 12.1. The summed E-state index contributed by atoms with van der Waals surface area (Å²) in [6.07, 6.45) is -3.43. The summed E-state index contributed by atoms with van der Waals surface area (Å²) in [7, 11) is 0. The SMILES string of the molecule is Cc1ccc(-c2nn(C(C)(C)CNC(=O)c3cc(C(F)(F)F)n(-c4cccc(Cl)c4)n3)c3ncnc(N)c23)cc1. The van der Waals surface area contributed by atoms with Gasteiger partial charge in [-0.25, -0.2) is 19.3 Å². The highest BCUT2D eigenvalue weighted by Gasteiger charge is 2.37. The molecule has 3 aromatic heterocycles. The molecular weight excluding hydrogens is 545 g/mol. The van der Waals surface area contributed by atoms with Crippen LogP contribution < -0.4 is 11.1 Å². The first-order chi connectivity index (χ1) is 18.8. The maximum absolute atomic E-state index is 13.8. The molecule has 1 amide bonds. The van der Waals surface area contributed by atoms with E-state index < -0.39 is 29.0 Å². The van der Waals surface area contributed by atoms with Crippen molar-refractivity contribution in [2.75, 3.05) is 12.3 Å². The van der Waals surface area contributed by atoms with Gasteiger partial charge in [0, 0.05) is 23.2 Å². The van der Waals surface area contributed by atoms with Gasteiger partial charge < -0.3 is 11.1 Å². The number of amides is 1. The number of nitrogens with one attached hydrogen (secondary N) is 1. The molecule has 0 bridgehead atoms. The molecule has 3 heterocycles. The van der Waals surface area contributed by atoms with Crippen molar-refractivity contribution in [3.05, 3.63) is 82.9 Å². The summed E-state index contributed by atoms with van der Waals surface area (Å²) in [5.41, 5.74) is 6.80. The molecule has 0 fully saturated rings. The number of halogens is 4. The highest BCUT2D eigenvalue weighted by Crippen LogP contribution is 2.34. The average Bonchev–Trinajstić information content (AvgIpc) is 3.52. The van der Waals surface area contributed by atoms with Gasteiger partial charge in [0.25, 0.3) is 5.91 Å². The number of alkyl halides is 3. The van der Waals surface area contributed by atoms with Crippen LogP contribution >= 0.6 is 11.6 Å². The summed E-state index contributed by atoms with van der Waals surface area (Å²) in [6.45, 7) is 5.58. The number of aryl methyl sites for hydroxylation is 1. The minimum Gasteiger partial charge on any atom is -0.383 e. The Labute approximate surface area is 231 Å². The fourth-order valence-corrected chi connectivity index (χ4v) is 4.46. The van der Waals surface area contributed by atoms with E-state index in [2.05, 4.69) is 20.4 Å². The quantitative estimate of drug-likeness (QED) is 0.283. The summed E-state index contributed by atoms with van der Waals surface area (Å²) in [5, 5.41) is 12.2. The lowest BCUT2D eigenvalue weighted by Gasteiger charge is -2.26. The third-order valence-electron chi connectivity index (χ3n) is 6.36. The molecule has 0 saturated heterocycles. The summed E-state index contributed by atoms with van der Waals surface area (Å²) >= 11 is 5.96. The fourth-order valence-electron chi connectivity index (χ4n) is 4.27. The number of hydrogen-bond donors (Lipinski definition) is 2. The second-order valence-electron chi connectivity index (χ2n) is 9.88. The molecule has 3 N–H and O–H groups in total. The number of benzene rings is 2. The van der Waals surface area contributed by atoms with Gasteiger partial charge in [-0.2, -0.15) is 23.4 Å². The Balaban J connectivity index is 1.46. The number of carbonyl (C=O) groups is 1. The molecule has 0 atom stereocenters. The number of anilines is 1. The van der Waals surface area contributed by atoms with Crippen LogP contribution in [0.3, 0.4) is 0 Å². The number of fused-ring (bicyclic) bond motifs is 1. The van der Waals surface area contributed by atoms with E-state index in [-0.39, 0.29) is 23.1 Å². The van der Waals surface area contributed by atoms with Gasteiger partial charge >= 0.3 is 6.18 Å². The highest BCUT2D eigenvalue weighted by atomic mass is 35.5. The van der Waals surface area contributed by atoms with Gasteiger partial charge in [0.15, 0.2) is 11.3 Å². The van der Waals surface area contributed by atoms with Crippen molar-refractivity contribution >= 4 is 34.4 Å². The first-order valence-corrected chi connectivity index (χ1v) is 12.5. The Morgan fingerprint density at radius 2 is 1.77 bits per heavy atom. The third-order valence-corrected chi connectivity index (χ3v) is 6.59. The molecule has 13 heteroatoms. The van der Waals surface area contributed by atoms with Gasteiger partial charge in [0.05, 0.1) is 16.6 Å². The molecule has 0 saturated carbocycles. The van der Waals surface area contributed by atoms with Crippen LogP contribution in [0.25, 0.3) is 28.0 Å². The lowest BCUT2D eigenvalue weighted by Crippen LogP contribution is -2.41. The van der Waals surface area contributed by atoms with E-state index in [4.69, 9.17) is 22.4 Å². The zero-order chi connectivity index (χ0) is 28.8. The van der Waals surface area contributed by atoms with Crippen molar-refractivity contribution in [3.8, 4) is 16.9 Å². The summed E-state index contributed by atoms with van der Waals surface area (Å²) in [6, 6.07) is 14.2. The van der Waals surface area contributed by atoms with E-state index in [9.17, 15) is 18.0 Å². The average molecular weight is 569 g/mol. The van der Waals surface area contributed by atoms with E-state index in [0.717, 1.165) is 11.1 Å². The predicted molar refractivity (Wildman–Crippen MR) is 145 cm³/mol. The molecular formula is C27H24ClF3N8O. The number of nitrogens with zero attached hydrogens (tertiary/aromatic N) is 6. The van der Waals surface area contributed by atoms with Crippen LogP contribution in [0, 0.1) is 6.92 Å². The van der Waals surface area contributed by atoms with Crippen LogP contribution in [0.1, 0.15) is 35.6 Å². The van der Waals surface area contributed by atoms with Crippen LogP contribution in [0.15, 0.2) is 60.9 Å². The zero-order valence-corrected chi connectivity index (χ0v) is 22.4. The molecule has 9 nitrogen and oxygen atoms in total. The van der Waals surface area contributed by atoms with Gasteiger partial charge in [-0.1, -0.05) is 47.5 Å². The molecule has 5 rings (SSSR count). The molecule has 0 aliphatic rings. The third kappa shape index (κ3) is 5.09. The lowest BCUT2D eigenvalue weighted by atomic mass is 10.1. The van der Waals surface area contributed by atoms with Crippen LogP contribution in [-0.2, 0) is 11.7 Å². The van der Waals surface area contributed by atoms with Crippen LogP contribution in [0.4, 0.5) is 19.0 Å². The van der Waals surface area contributed by atoms with E-state index in [0.29, 0.717) is 27.5 Å². The molecule has 5 aromatic rings. The predicted octanol–water partition coefficient (Wildman–Crippen LogP) is 5.41. The largest absolute Gasteiger partial charge is 0.433 e. The van der Waals surface area contributed by atoms with Gasteiger partial charge in [0.2, 0.25) is 0 Å². The number of aromatic nitrogens is 6. The van der Waals surface area contributed by atoms with Gasteiger partial charge in [-0.05, 0) is 39.0 Å². The Morgan fingerprint density at radius 1 is 1.05 bits per heavy atom. The van der Waals surface area contributed by atoms with Crippen LogP contribution in [-0.4, -0.2) is 42.0 Å². The maximum Gasteiger partial charge on any atom is 0.433 e. The monoisotopic (exact) mass is 568 g/mol. The number of rotatable bonds is 6. The van der Waals surface area contributed by atoms with Crippen molar-refractivity contribution < 1.29 is 18.0 Å². The molecule has 0 spiro atoms. The second kappa shape index (κ2) is 9.94. The molecule has 206 valence electrons. The van der Waals surface area contributed by atoms with Crippen molar-refractivity contribution in [3.63, 3.8) is 0 Å². The van der Waals surface area contributed by atoms with Crippen molar-refractivity contribution in [1.29, 1.82) is 0 Å². The standard InChI is InChI=1S/C27H24ClF3N8O/c1-15-7-9-16(10-8-15)22-21-23(32)34-14-35-24(21)39(37-22)26(2,3)13-33-25(40)19-12-20(27(29,30)31)38(36-19)18-6-4-5-17(28)11-18/h4-12,14H,13H2,1-3H3,(H,33,40)(H2,32,34,35). The lowest BCUT2D eigenvalue weighted by molar-refractivity contribution is -0.142. The Morgan fingerprint density at radius 3 is 2.45 bits per heavy atom. The Kier molecular flexibility index (Phi) is 6.74. The maximum atomic E-state index is 13.8. The smallest absolute Gasteiger partial charge is 0.383 e. The highest BCUT2D eigenvalue weighted by molar-refractivity contribution is 6.30. The number of carbonyl (C=O) groups excluding carboxylic acids is 1.